The molecule has 3 heteroatoms. The number of anilines is 1. The number of nitrogens with two attached hydrogens (primary N) is 1. The number of carbonyl (C=O) groups excluding carboxylic acids is 1. The molecule has 3 N–H and O–H groups in total. The first-order valence-corrected chi connectivity index (χ1v) is 4.21. The van der Waals surface area contributed by atoms with Crippen LogP contribution in [0.3, 0.4) is 0 Å². The zero-order valence-corrected chi connectivity index (χ0v) is 7.92. The van der Waals surface area contributed by atoms with Gasteiger partial charge >= 0.3 is 0 Å². The number of hydrogen-bond acceptors (Lipinski definition) is 2. The molecule has 0 aliphatic rings. The van der Waals surface area contributed by atoms with Gasteiger partial charge in [-0.25, -0.2) is 0 Å². The summed E-state index contributed by atoms with van der Waals surface area (Å²) in [6, 6.07) is 5.80. The number of benzene rings is 1. The van der Waals surface area contributed by atoms with Crippen LogP contribution >= 0.6 is 0 Å². The lowest BCUT2D eigenvalue weighted by atomic mass is 10.1. The molecule has 1 rings (SSSR count). The molecule has 70 valence electrons. The fourth-order valence-electron chi connectivity index (χ4n) is 1.25. The number of amides is 1. The highest BCUT2D eigenvalue weighted by atomic mass is 16.1. The Hall–Kier alpha value is -1.35. The molecule has 0 aliphatic heterocycles. The third-order valence-corrected chi connectivity index (χ3v) is 1.88. The van der Waals surface area contributed by atoms with Crippen LogP contribution < -0.4 is 11.1 Å². The van der Waals surface area contributed by atoms with E-state index in [9.17, 15) is 4.79 Å². The second-order valence-electron chi connectivity index (χ2n) is 2.99. The van der Waals surface area contributed by atoms with Crippen LogP contribution in [0.2, 0.25) is 0 Å². The molecule has 1 aromatic carbocycles. The third kappa shape index (κ3) is 2.29. The predicted octanol–water partition coefficient (Wildman–Crippen LogP) is 1.41. The van der Waals surface area contributed by atoms with Crippen molar-refractivity contribution in [2.45, 2.75) is 20.4 Å². The Balaban J connectivity index is 3.07. The highest BCUT2D eigenvalue weighted by Gasteiger charge is 2.04. The Labute approximate surface area is 77.9 Å². The maximum absolute atomic E-state index is 10.9. The maximum atomic E-state index is 10.9. The zero-order chi connectivity index (χ0) is 9.84. The standard InChI is InChI=1S/C10H14N2O/c1-7-4-3-5-9(6-11)10(7)12-8(2)13/h3-5H,6,11H2,1-2H3,(H,12,13). The molecule has 0 fully saturated rings. The molecular formula is C10H14N2O. The average molecular weight is 178 g/mol. The highest BCUT2D eigenvalue weighted by Crippen LogP contribution is 2.19. The van der Waals surface area contributed by atoms with Gasteiger partial charge in [0.15, 0.2) is 0 Å². The summed E-state index contributed by atoms with van der Waals surface area (Å²) in [5.41, 5.74) is 8.40. The van der Waals surface area contributed by atoms with E-state index in [1.165, 1.54) is 6.92 Å². The van der Waals surface area contributed by atoms with E-state index in [-0.39, 0.29) is 5.91 Å². The molecule has 0 radical (unpaired) electrons. The van der Waals surface area contributed by atoms with Gasteiger partial charge in [-0.1, -0.05) is 18.2 Å². The summed E-state index contributed by atoms with van der Waals surface area (Å²) in [6.07, 6.45) is 0. The average Bonchev–Trinajstić information content (AvgIpc) is 2.08. The van der Waals surface area contributed by atoms with E-state index in [2.05, 4.69) is 5.32 Å². The maximum Gasteiger partial charge on any atom is 0.221 e. The highest BCUT2D eigenvalue weighted by molar-refractivity contribution is 5.90. The molecule has 0 unspecified atom stereocenters. The minimum atomic E-state index is -0.0657. The summed E-state index contributed by atoms with van der Waals surface area (Å²) in [6.45, 7) is 3.88. The molecule has 0 atom stereocenters. The topological polar surface area (TPSA) is 55.1 Å². The van der Waals surface area contributed by atoms with Crippen molar-refractivity contribution in [2.75, 3.05) is 5.32 Å². The van der Waals surface area contributed by atoms with Crippen LogP contribution in [0.15, 0.2) is 18.2 Å². The number of nitrogens with one attached hydrogen (secondary N) is 1. The van der Waals surface area contributed by atoms with Crippen molar-refractivity contribution in [3.05, 3.63) is 29.3 Å². The van der Waals surface area contributed by atoms with Crippen molar-refractivity contribution in [3.8, 4) is 0 Å². The number of rotatable bonds is 2. The van der Waals surface area contributed by atoms with Gasteiger partial charge in [0.05, 0.1) is 0 Å². The third-order valence-electron chi connectivity index (χ3n) is 1.88. The number of hydrogen-bond donors (Lipinski definition) is 2. The molecule has 3 nitrogen and oxygen atoms in total. The van der Waals surface area contributed by atoms with E-state index in [0.29, 0.717) is 6.54 Å². The van der Waals surface area contributed by atoms with E-state index < -0.39 is 0 Å². The largest absolute Gasteiger partial charge is 0.326 e. The first-order valence-electron chi connectivity index (χ1n) is 4.21. The van der Waals surface area contributed by atoms with Crippen LogP contribution in [0, 0.1) is 6.92 Å². The molecule has 0 bridgehead atoms. The lowest BCUT2D eigenvalue weighted by Crippen LogP contribution is -2.11. The Morgan fingerprint density at radius 2 is 2.23 bits per heavy atom. The molecule has 1 amide bonds. The minimum Gasteiger partial charge on any atom is -0.326 e. The molecule has 0 saturated heterocycles. The number of carbonyl (C=O) groups is 1. The summed E-state index contributed by atoms with van der Waals surface area (Å²) in [7, 11) is 0. The number of aryl methyl sites for hydroxylation is 1. The van der Waals surface area contributed by atoms with E-state index in [0.717, 1.165) is 16.8 Å². The lowest BCUT2D eigenvalue weighted by molar-refractivity contribution is -0.114. The molecule has 0 aromatic heterocycles. The van der Waals surface area contributed by atoms with Gasteiger partial charge in [0.25, 0.3) is 0 Å². The Kier molecular flexibility index (Phi) is 3.03. The molecule has 13 heavy (non-hydrogen) atoms. The summed E-state index contributed by atoms with van der Waals surface area (Å²) < 4.78 is 0. The lowest BCUT2D eigenvalue weighted by Gasteiger charge is -2.10. The Morgan fingerprint density at radius 3 is 2.77 bits per heavy atom. The van der Waals surface area contributed by atoms with Gasteiger partial charge in [-0.3, -0.25) is 4.79 Å². The first-order chi connectivity index (χ1) is 6.15. The van der Waals surface area contributed by atoms with Gasteiger partial charge in [-0.05, 0) is 18.1 Å². The quantitative estimate of drug-likeness (QED) is 0.719. The summed E-state index contributed by atoms with van der Waals surface area (Å²) >= 11 is 0. The van der Waals surface area contributed by atoms with Crippen LogP contribution in [0.4, 0.5) is 5.69 Å². The van der Waals surface area contributed by atoms with Gasteiger partial charge in [0.2, 0.25) is 5.91 Å². The summed E-state index contributed by atoms with van der Waals surface area (Å²) in [5.74, 6) is -0.0657. The second-order valence-corrected chi connectivity index (χ2v) is 2.99. The minimum absolute atomic E-state index is 0.0657. The summed E-state index contributed by atoms with van der Waals surface area (Å²) in [5, 5.41) is 2.77. The smallest absolute Gasteiger partial charge is 0.221 e. The van der Waals surface area contributed by atoms with E-state index >= 15 is 0 Å². The molecule has 0 heterocycles. The molecule has 0 aliphatic carbocycles. The number of para-hydroxylation sites is 1. The van der Waals surface area contributed by atoms with Gasteiger partial charge < -0.3 is 11.1 Å². The van der Waals surface area contributed by atoms with Crippen molar-refractivity contribution in [1.82, 2.24) is 0 Å². The van der Waals surface area contributed by atoms with Crippen molar-refractivity contribution >= 4 is 11.6 Å². The predicted molar refractivity (Wildman–Crippen MR) is 53.4 cm³/mol. The van der Waals surface area contributed by atoms with Crippen LogP contribution in [0.1, 0.15) is 18.1 Å². The Morgan fingerprint density at radius 1 is 1.54 bits per heavy atom. The van der Waals surface area contributed by atoms with Crippen LogP contribution in [0.25, 0.3) is 0 Å². The van der Waals surface area contributed by atoms with Crippen molar-refractivity contribution in [1.29, 1.82) is 0 Å². The van der Waals surface area contributed by atoms with Crippen LogP contribution in [-0.2, 0) is 11.3 Å². The van der Waals surface area contributed by atoms with Crippen LogP contribution in [0.5, 0.6) is 0 Å². The second kappa shape index (κ2) is 4.05. The van der Waals surface area contributed by atoms with Gasteiger partial charge in [0.1, 0.15) is 0 Å². The molecular weight excluding hydrogens is 164 g/mol. The normalized spacial score (nSPS) is 9.77. The van der Waals surface area contributed by atoms with Crippen molar-refractivity contribution in [3.63, 3.8) is 0 Å². The Bertz CT molecular complexity index is 321. The molecule has 0 saturated carbocycles. The monoisotopic (exact) mass is 178 g/mol. The van der Waals surface area contributed by atoms with Crippen molar-refractivity contribution < 1.29 is 4.79 Å². The SMILES string of the molecule is CC(=O)Nc1c(C)cccc1CN. The van der Waals surface area contributed by atoms with Crippen molar-refractivity contribution in [2.24, 2.45) is 5.73 Å². The van der Waals surface area contributed by atoms with Gasteiger partial charge in [0, 0.05) is 19.2 Å². The van der Waals surface area contributed by atoms with Gasteiger partial charge in [-0.2, -0.15) is 0 Å². The zero-order valence-electron chi connectivity index (χ0n) is 7.92. The molecule has 0 spiro atoms. The summed E-state index contributed by atoms with van der Waals surface area (Å²) in [4.78, 5) is 10.9. The van der Waals surface area contributed by atoms with Crippen LogP contribution in [-0.4, -0.2) is 5.91 Å². The molecule has 1 aromatic rings. The van der Waals surface area contributed by atoms with E-state index in [1.54, 1.807) is 0 Å². The fourth-order valence-corrected chi connectivity index (χ4v) is 1.25. The first kappa shape index (κ1) is 9.74. The van der Waals surface area contributed by atoms with E-state index in [1.807, 2.05) is 25.1 Å². The fraction of sp³-hybridized carbons (Fsp3) is 0.300. The van der Waals surface area contributed by atoms with Gasteiger partial charge in [-0.15, -0.1) is 0 Å². The van der Waals surface area contributed by atoms with E-state index in [4.69, 9.17) is 5.73 Å².